The van der Waals surface area contributed by atoms with Crippen molar-refractivity contribution in [1.29, 1.82) is 0 Å². The van der Waals surface area contributed by atoms with Gasteiger partial charge in [-0.05, 0) is 43.4 Å². The van der Waals surface area contributed by atoms with Crippen molar-refractivity contribution in [3.8, 4) is 0 Å². The van der Waals surface area contributed by atoms with Crippen LogP contribution in [0.1, 0.15) is 55.7 Å². The molecule has 0 spiro atoms. The monoisotopic (exact) mass is 426 g/mol. The van der Waals surface area contributed by atoms with E-state index in [1.807, 2.05) is 62.4 Å². The Kier molecular flexibility index (Phi) is 7.92. The Morgan fingerprint density at radius 1 is 1.10 bits per heavy atom. The minimum Gasteiger partial charge on any atom is -0.352 e. The average molecular weight is 427 g/mol. The van der Waals surface area contributed by atoms with Crippen molar-refractivity contribution in [3.05, 3.63) is 70.2 Å². The van der Waals surface area contributed by atoms with Crippen molar-refractivity contribution in [2.45, 2.75) is 71.0 Å². The number of aryl methyl sites for hydroxylation is 1. The molecule has 160 valence electrons. The maximum absolute atomic E-state index is 13.4. The normalized spacial score (nSPS) is 15.0. The second-order valence-corrected chi connectivity index (χ2v) is 8.60. The third-order valence-electron chi connectivity index (χ3n) is 5.86. The molecule has 0 aromatic heterocycles. The Morgan fingerprint density at radius 2 is 1.77 bits per heavy atom. The highest BCUT2D eigenvalue weighted by Gasteiger charge is 2.30. The summed E-state index contributed by atoms with van der Waals surface area (Å²) in [6.45, 7) is 4.30. The van der Waals surface area contributed by atoms with E-state index < -0.39 is 6.04 Å². The number of halogens is 1. The first-order valence-corrected chi connectivity index (χ1v) is 11.2. The predicted octanol–water partition coefficient (Wildman–Crippen LogP) is 5.06. The van der Waals surface area contributed by atoms with Gasteiger partial charge in [-0.25, -0.2) is 0 Å². The van der Waals surface area contributed by atoms with Crippen LogP contribution in [0.4, 0.5) is 0 Å². The summed E-state index contributed by atoms with van der Waals surface area (Å²) in [5, 5.41) is 3.78. The molecule has 0 aliphatic heterocycles. The molecule has 1 atom stereocenters. The van der Waals surface area contributed by atoms with Crippen molar-refractivity contribution in [3.63, 3.8) is 0 Å². The van der Waals surface area contributed by atoms with E-state index in [4.69, 9.17) is 11.6 Å². The average Bonchev–Trinajstić information content (AvgIpc) is 3.24. The lowest BCUT2D eigenvalue weighted by atomic mass is 10.1. The predicted molar refractivity (Wildman–Crippen MR) is 121 cm³/mol. The smallest absolute Gasteiger partial charge is 0.243 e. The zero-order chi connectivity index (χ0) is 21.5. The van der Waals surface area contributed by atoms with E-state index in [9.17, 15) is 9.59 Å². The molecule has 1 N–H and O–H groups in total. The lowest BCUT2D eigenvalue weighted by Gasteiger charge is -2.32. The highest BCUT2D eigenvalue weighted by atomic mass is 35.5. The molecule has 1 fully saturated rings. The maximum Gasteiger partial charge on any atom is 0.243 e. The van der Waals surface area contributed by atoms with Gasteiger partial charge in [0.05, 0.1) is 6.42 Å². The second-order valence-electron chi connectivity index (χ2n) is 8.19. The summed E-state index contributed by atoms with van der Waals surface area (Å²) in [4.78, 5) is 28.2. The number of carbonyl (C=O) groups excluding carboxylic acids is 2. The fourth-order valence-corrected chi connectivity index (χ4v) is 4.27. The van der Waals surface area contributed by atoms with Gasteiger partial charge in [0.15, 0.2) is 0 Å². The van der Waals surface area contributed by atoms with Crippen LogP contribution < -0.4 is 5.32 Å². The summed E-state index contributed by atoms with van der Waals surface area (Å²) in [6.07, 6.45) is 5.16. The van der Waals surface area contributed by atoms with Crippen LogP contribution >= 0.6 is 11.6 Å². The number of benzene rings is 2. The van der Waals surface area contributed by atoms with Gasteiger partial charge in [0, 0.05) is 17.6 Å². The highest BCUT2D eigenvalue weighted by molar-refractivity contribution is 6.31. The maximum atomic E-state index is 13.4. The second kappa shape index (κ2) is 10.6. The minimum atomic E-state index is -0.514. The number of nitrogens with zero attached hydrogens (tertiary/aromatic N) is 1. The van der Waals surface area contributed by atoms with E-state index in [2.05, 4.69) is 5.32 Å². The van der Waals surface area contributed by atoms with Crippen molar-refractivity contribution in [2.75, 3.05) is 0 Å². The molecule has 0 saturated heterocycles. The summed E-state index contributed by atoms with van der Waals surface area (Å²) in [5.41, 5.74) is 2.95. The summed E-state index contributed by atoms with van der Waals surface area (Å²) < 4.78 is 0. The van der Waals surface area contributed by atoms with Gasteiger partial charge in [-0.15, -0.1) is 0 Å². The number of amides is 2. The molecule has 1 aliphatic rings. The Balaban J connectivity index is 1.82. The molecule has 2 aromatic rings. The molecule has 2 aromatic carbocycles. The molecule has 1 aliphatic carbocycles. The molecule has 3 rings (SSSR count). The van der Waals surface area contributed by atoms with Gasteiger partial charge >= 0.3 is 0 Å². The minimum absolute atomic E-state index is 0.0614. The first-order valence-electron chi connectivity index (χ1n) is 10.9. The van der Waals surface area contributed by atoms with Crippen LogP contribution in [0, 0.1) is 6.92 Å². The number of hydrogen-bond acceptors (Lipinski definition) is 2. The topological polar surface area (TPSA) is 49.4 Å². The fraction of sp³-hybridized carbons (Fsp3) is 0.440. The van der Waals surface area contributed by atoms with E-state index in [1.165, 1.54) is 0 Å². The summed E-state index contributed by atoms with van der Waals surface area (Å²) >= 11 is 6.38. The van der Waals surface area contributed by atoms with E-state index >= 15 is 0 Å². The van der Waals surface area contributed by atoms with Crippen LogP contribution in [-0.2, 0) is 22.6 Å². The molecule has 0 bridgehead atoms. The fourth-order valence-electron chi connectivity index (χ4n) is 4.08. The third kappa shape index (κ3) is 5.85. The van der Waals surface area contributed by atoms with Gasteiger partial charge in [0.25, 0.3) is 0 Å². The van der Waals surface area contributed by atoms with Crippen molar-refractivity contribution in [1.82, 2.24) is 10.2 Å². The van der Waals surface area contributed by atoms with Crippen molar-refractivity contribution < 1.29 is 9.59 Å². The van der Waals surface area contributed by atoms with Crippen molar-refractivity contribution in [2.24, 2.45) is 0 Å². The Morgan fingerprint density at radius 3 is 2.40 bits per heavy atom. The molecular formula is C25H31ClN2O2. The molecular weight excluding hydrogens is 396 g/mol. The molecule has 5 heteroatoms. The SMILES string of the molecule is CCC(C(=O)NC1CCCC1)N(Cc1ccccc1Cl)C(=O)Cc1ccc(C)cc1. The van der Waals surface area contributed by atoms with Crippen LogP contribution in [-0.4, -0.2) is 28.8 Å². The lowest BCUT2D eigenvalue weighted by molar-refractivity contribution is -0.141. The van der Waals surface area contributed by atoms with Gasteiger partial charge in [-0.2, -0.15) is 0 Å². The Bertz CT molecular complexity index is 860. The molecule has 30 heavy (non-hydrogen) atoms. The number of hydrogen-bond donors (Lipinski definition) is 1. The van der Waals surface area contributed by atoms with E-state index in [0.29, 0.717) is 18.0 Å². The van der Waals surface area contributed by atoms with Crippen LogP contribution in [0.5, 0.6) is 0 Å². The summed E-state index contributed by atoms with van der Waals surface area (Å²) in [7, 11) is 0. The number of nitrogens with one attached hydrogen (secondary N) is 1. The zero-order valence-corrected chi connectivity index (χ0v) is 18.6. The van der Waals surface area contributed by atoms with E-state index in [0.717, 1.165) is 42.4 Å². The molecule has 1 unspecified atom stereocenters. The van der Waals surface area contributed by atoms with Crippen LogP contribution in [0.3, 0.4) is 0 Å². The zero-order valence-electron chi connectivity index (χ0n) is 17.9. The van der Waals surface area contributed by atoms with Crippen LogP contribution in [0.25, 0.3) is 0 Å². The Labute approximate surface area is 184 Å². The Hall–Kier alpha value is -2.33. The molecule has 2 amide bonds. The lowest BCUT2D eigenvalue weighted by Crippen LogP contribution is -2.51. The highest BCUT2D eigenvalue weighted by Crippen LogP contribution is 2.22. The van der Waals surface area contributed by atoms with Gasteiger partial charge in [-0.1, -0.05) is 79.4 Å². The molecule has 0 heterocycles. The van der Waals surface area contributed by atoms with Gasteiger partial charge in [0.2, 0.25) is 11.8 Å². The van der Waals surface area contributed by atoms with Crippen LogP contribution in [0.15, 0.2) is 48.5 Å². The number of rotatable bonds is 8. The molecule has 4 nitrogen and oxygen atoms in total. The largest absolute Gasteiger partial charge is 0.352 e. The van der Waals surface area contributed by atoms with E-state index in [-0.39, 0.29) is 24.3 Å². The quantitative estimate of drug-likeness (QED) is 0.641. The summed E-state index contributed by atoms with van der Waals surface area (Å²) in [6, 6.07) is 15.2. The van der Waals surface area contributed by atoms with Gasteiger partial charge in [0.1, 0.15) is 6.04 Å². The standard InChI is InChI=1S/C25H31ClN2O2/c1-3-23(25(30)27-21-9-5-6-10-21)28(17-20-8-4-7-11-22(20)26)24(29)16-19-14-12-18(2)13-15-19/h4,7-8,11-15,21,23H,3,5-6,9-10,16-17H2,1-2H3,(H,27,30). The first kappa shape index (κ1) is 22.4. The molecule has 1 saturated carbocycles. The third-order valence-corrected chi connectivity index (χ3v) is 6.23. The number of carbonyl (C=O) groups is 2. The van der Waals surface area contributed by atoms with Crippen LogP contribution in [0.2, 0.25) is 5.02 Å². The summed E-state index contributed by atoms with van der Waals surface area (Å²) in [5.74, 6) is -0.124. The first-order chi connectivity index (χ1) is 14.5. The van der Waals surface area contributed by atoms with Gasteiger partial charge in [-0.3, -0.25) is 9.59 Å². The molecule has 0 radical (unpaired) electrons. The van der Waals surface area contributed by atoms with E-state index in [1.54, 1.807) is 4.90 Å². The van der Waals surface area contributed by atoms with Crippen molar-refractivity contribution >= 4 is 23.4 Å². The van der Waals surface area contributed by atoms with Gasteiger partial charge < -0.3 is 10.2 Å².